The van der Waals surface area contributed by atoms with Gasteiger partial charge >= 0.3 is 0 Å². The van der Waals surface area contributed by atoms with E-state index in [1.54, 1.807) is 0 Å². The van der Waals surface area contributed by atoms with Crippen molar-refractivity contribution in [1.29, 1.82) is 0 Å². The van der Waals surface area contributed by atoms with Crippen LogP contribution in [0.25, 0.3) is 17.2 Å². The van der Waals surface area contributed by atoms with E-state index >= 15 is 0 Å². The summed E-state index contributed by atoms with van der Waals surface area (Å²) in [4.78, 5) is 0. The van der Waals surface area contributed by atoms with Crippen LogP contribution in [-0.2, 0) is 0 Å². The number of hydrogen-bond donors (Lipinski definition) is 0. The molecule has 1 heteroatoms. The van der Waals surface area contributed by atoms with E-state index in [1.807, 2.05) is 0 Å². The van der Waals surface area contributed by atoms with Crippen molar-refractivity contribution in [2.75, 3.05) is 0 Å². The van der Waals surface area contributed by atoms with Crippen LogP contribution in [0.3, 0.4) is 0 Å². The monoisotopic (exact) mass is 412 g/mol. The summed E-state index contributed by atoms with van der Waals surface area (Å²) in [7, 11) is -0.526. The largest absolute Gasteiger partial charge is 0.0797 e. The van der Waals surface area contributed by atoms with E-state index in [0.717, 1.165) is 0 Å². The highest BCUT2D eigenvalue weighted by atomic mass is 28.2. The fraction of sp³-hybridized carbons (Fsp3) is 0.0667. The molecule has 31 heavy (non-hydrogen) atoms. The molecule has 0 radical (unpaired) electrons. The SMILES string of the molecule is C1=CC([SiH2]C2C(c3ccccc3)=C(c3ccccc3)c3ccccc32)c2ccccc21. The molecule has 0 N–H and O–H groups in total. The summed E-state index contributed by atoms with van der Waals surface area (Å²) < 4.78 is 0. The Hall–Kier alpha value is -3.42. The van der Waals surface area contributed by atoms with Gasteiger partial charge in [-0.2, -0.15) is 0 Å². The lowest BCUT2D eigenvalue weighted by Crippen LogP contribution is -2.15. The van der Waals surface area contributed by atoms with Gasteiger partial charge in [0.1, 0.15) is 0 Å². The molecule has 148 valence electrons. The number of allylic oxidation sites excluding steroid dienone is 2. The highest BCUT2D eigenvalue weighted by Gasteiger charge is 2.35. The molecule has 6 rings (SSSR count). The zero-order chi connectivity index (χ0) is 20.6. The number of benzene rings is 4. The van der Waals surface area contributed by atoms with Crippen LogP contribution in [0, 0.1) is 0 Å². The van der Waals surface area contributed by atoms with Crippen molar-refractivity contribution in [2.45, 2.75) is 11.1 Å². The summed E-state index contributed by atoms with van der Waals surface area (Å²) in [5, 5.41) is 0. The standard InChI is InChI=1S/C30H24Si/c1-3-12-22(13-4-1)28-25-17-9-10-18-26(25)30(29(28)23-14-5-2-6-15-23)31-27-20-19-21-11-7-8-16-24(21)27/h1-20,27,30H,31H2. The Bertz CT molecular complexity index is 1300. The third kappa shape index (κ3) is 3.13. The molecule has 0 nitrogen and oxygen atoms in total. The van der Waals surface area contributed by atoms with Gasteiger partial charge < -0.3 is 0 Å². The second kappa shape index (κ2) is 7.68. The highest BCUT2D eigenvalue weighted by Crippen LogP contribution is 2.50. The maximum atomic E-state index is 2.46. The van der Waals surface area contributed by atoms with Crippen LogP contribution in [0.1, 0.15) is 44.5 Å². The average Bonchev–Trinajstić information content (AvgIpc) is 3.40. The van der Waals surface area contributed by atoms with E-state index in [1.165, 1.54) is 44.5 Å². The van der Waals surface area contributed by atoms with Crippen LogP contribution in [0.5, 0.6) is 0 Å². The molecule has 0 heterocycles. The minimum atomic E-state index is -0.526. The minimum absolute atomic E-state index is 0.509. The Labute approximate surface area is 186 Å². The quantitative estimate of drug-likeness (QED) is 0.330. The Morgan fingerprint density at radius 2 is 1.16 bits per heavy atom. The maximum Gasteiger partial charge on any atom is 0.0476 e. The molecule has 2 aliphatic carbocycles. The van der Waals surface area contributed by atoms with Crippen molar-refractivity contribution >= 4 is 26.7 Å². The predicted octanol–water partition coefficient (Wildman–Crippen LogP) is 6.64. The van der Waals surface area contributed by atoms with Gasteiger partial charge in [-0.25, -0.2) is 0 Å². The zero-order valence-corrected chi connectivity index (χ0v) is 18.8. The Balaban J connectivity index is 1.54. The Kier molecular flexibility index (Phi) is 4.55. The van der Waals surface area contributed by atoms with Crippen LogP contribution < -0.4 is 0 Å². The van der Waals surface area contributed by atoms with E-state index in [-0.39, 0.29) is 0 Å². The van der Waals surface area contributed by atoms with E-state index in [9.17, 15) is 0 Å². The van der Waals surface area contributed by atoms with E-state index in [4.69, 9.17) is 0 Å². The molecule has 4 aromatic rings. The summed E-state index contributed by atoms with van der Waals surface area (Å²) in [6.07, 6.45) is 4.79. The van der Waals surface area contributed by atoms with Crippen molar-refractivity contribution in [3.8, 4) is 0 Å². The van der Waals surface area contributed by atoms with Gasteiger partial charge in [0, 0.05) is 15.1 Å². The van der Waals surface area contributed by atoms with Gasteiger partial charge in [-0.3, -0.25) is 0 Å². The van der Waals surface area contributed by atoms with Crippen molar-refractivity contribution in [3.63, 3.8) is 0 Å². The molecule has 0 saturated heterocycles. The molecule has 2 unspecified atom stereocenters. The van der Waals surface area contributed by atoms with Crippen LogP contribution in [-0.4, -0.2) is 9.52 Å². The normalized spacial score (nSPS) is 19.2. The summed E-state index contributed by atoms with van der Waals surface area (Å²) in [5.74, 6) is 0. The lowest BCUT2D eigenvalue weighted by molar-refractivity contribution is 1.14. The average molecular weight is 413 g/mol. The van der Waals surface area contributed by atoms with E-state index in [0.29, 0.717) is 11.1 Å². The lowest BCUT2D eigenvalue weighted by Gasteiger charge is -2.21. The molecule has 0 aromatic heterocycles. The van der Waals surface area contributed by atoms with Gasteiger partial charge in [-0.15, -0.1) is 0 Å². The van der Waals surface area contributed by atoms with Crippen LogP contribution in [0.2, 0.25) is 0 Å². The molecule has 0 bridgehead atoms. The molecule has 4 aromatic carbocycles. The third-order valence-corrected chi connectivity index (χ3v) is 9.30. The van der Waals surface area contributed by atoms with Crippen molar-refractivity contribution in [2.24, 2.45) is 0 Å². The maximum absolute atomic E-state index is 2.46. The fourth-order valence-corrected chi connectivity index (χ4v) is 8.12. The Morgan fingerprint density at radius 3 is 1.94 bits per heavy atom. The lowest BCUT2D eigenvalue weighted by atomic mass is 9.94. The first kappa shape index (κ1) is 18.4. The van der Waals surface area contributed by atoms with E-state index in [2.05, 4.69) is 121 Å². The van der Waals surface area contributed by atoms with Gasteiger partial charge in [0.15, 0.2) is 0 Å². The first-order chi connectivity index (χ1) is 15.4. The molecule has 2 atom stereocenters. The van der Waals surface area contributed by atoms with Crippen molar-refractivity contribution < 1.29 is 0 Å². The van der Waals surface area contributed by atoms with Gasteiger partial charge in [0.05, 0.1) is 0 Å². The molecule has 0 saturated carbocycles. The third-order valence-electron chi connectivity index (χ3n) is 6.76. The van der Waals surface area contributed by atoms with Gasteiger partial charge in [0.2, 0.25) is 0 Å². The van der Waals surface area contributed by atoms with Crippen LogP contribution in [0.15, 0.2) is 115 Å². The minimum Gasteiger partial charge on any atom is -0.0797 e. The summed E-state index contributed by atoms with van der Waals surface area (Å²) in [6, 6.07) is 40.1. The molecule has 0 amide bonds. The molecular formula is C30H24Si. The van der Waals surface area contributed by atoms with E-state index < -0.39 is 9.52 Å². The van der Waals surface area contributed by atoms with Crippen molar-refractivity contribution in [3.05, 3.63) is 149 Å². The predicted molar refractivity (Wildman–Crippen MR) is 135 cm³/mol. The number of rotatable bonds is 4. The van der Waals surface area contributed by atoms with Crippen LogP contribution in [0.4, 0.5) is 0 Å². The van der Waals surface area contributed by atoms with Crippen LogP contribution >= 0.6 is 0 Å². The second-order valence-corrected chi connectivity index (χ2v) is 10.7. The second-order valence-electron chi connectivity index (χ2n) is 8.49. The van der Waals surface area contributed by atoms with Gasteiger partial charge in [-0.05, 0) is 50.1 Å². The summed E-state index contributed by atoms with van der Waals surface area (Å²) >= 11 is 0. The fourth-order valence-electron chi connectivity index (χ4n) is 5.41. The molecule has 2 aliphatic rings. The summed E-state index contributed by atoms with van der Waals surface area (Å²) in [5.41, 5.74) is 12.6. The Morgan fingerprint density at radius 1 is 0.548 bits per heavy atom. The topological polar surface area (TPSA) is 0 Å². The van der Waals surface area contributed by atoms with Crippen molar-refractivity contribution in [1.82, 2.24) is 0 Å². The molecule has 0 aliphatic heterocycles. The first-order valence-electron chi connectivity index (χ1n) is 11.1. The number of fused-ring (bicyclic) bond motifs is 2. The smallest absolute Gasteiger partial charge is 0.0476 e. The molecule has 0 fully saturated rings. The molecular weight excluding hydrogens is 388 g/mol. The number of hydrogen-bond acceptors (Lipinski definition) is 0. The highest BCUT2D eigenvalue weighted by molar-refractivity contribution is 6.47. The zero-order valence-electron chi connectivity index (χ0n) is 17.4. The van der Waals surface area contributed by atoms with Gasteiger partial charge in [-0.1, -0.05) is 121 Å². The van der Waals surface area contributed by atoms with Gasteiger partial charge in [0.25, 0.3) is 0 Å². The first-order valence-corrected chi connectivity index (χ1v) is 12.7. The summed E-state index contributed by atoms with van der Waals surface area (Å²) in [6.45, 7) is 0. The molecule has 0 spiro atoms.